The summed E-state index contributed by atoms with van der Waals surface area (Å²) in [6.07, 6.45) is 3.31. The van der Waals surface area contributed by atoms with E-state index in [0.29, 0.717) is 0 Å². The smallest absolute Gasteiger partial charge is 0.673 e. The van der Waals surface area contributed by atoms with E-state index in [1.54, 1.807) is 0 Å². The fourth-order valence-corrected chi connectivity index (χ4v) is 2.40. The molecule has 24 heavy (non-hydrogen) atoms. The van der Waals surface area contributed by atoms with Crippen LogP contribution in [0.4, 0.5) is 0 Å². The molecule has 0 aromatic heterocycles. The summed E-state index contributed by atoms with van der Waals surface area (Å²) in [6, 6.07) is 8.67. The monoisotopic (exact) mass is 403 g/mol. The third-order valence-electron chi connectivity index (χ3n) is 3.69. The summed E-state index contributed by atoms with van der Waals surface area (Å²) >= 11 is 0. The van der Waals surface area contributed by atoms with E-state index in [-0.39, 0.29) is 52.1 Å². The molecule has 1 aromatic rings. The first-order valence-electron chi connectivity index (χ1n) is 7.65. The van der Waals surface area contributed by atoms with Gasteiger partial charge in [-0.05, 0) is 32.8 Å². The Labute approximate surface area is 176 Å². The standard InChI is InChI=1S/C16H19.C4H10N.2ClH.Ti/c1-5-14-8-6-7-9-15(14)16-10-11(2)12(3)13(16)4;1-4(2,3)5;;;/h5-9H,10H2,1-4H3;5H,1-3H3;2*1H;/q2*-1;;;+2. The number of hydrogen-bond acceptors (Lipinski definition) is 0. The van der Waals surface area contributed by atoms with Crippen LogP contribution in [0.15, 0.2) is 41.0 Å². The molecule has 0 atom stereocenters. The number of nitrogens with one attached hydrogen (secondary N) is 1. The van der Waals surface area contributed by atoms with Crippen LogP contribution in [0.1, 0.15) is 66.0 Å². The summed E-state index contributed by atoms with van der Waals surface area (Å²) in [4.78, 5) is 0. The van der Waals surface area contributed by atoms with Crippen LogP contribution >= 0.6 is 24.8 Å². The van der Waals surface area contributed by atoms with E-state index in [1.807, 2.05) is 20.8 Å². The van der Waals surface area contributed by atoms with Crippen molar-refractivity contribution in [2.45, 2.75) is 60.4 Å². The fourth-order valence-electron chi connectivity index (χ4n) is 2.40. The van der Waals surface area contributed by atoms with Crippen molar-refractivity contribution in [1.82, 2.24) is 0 Å². The average Bonchev–Trinajstić information content (AvgIpc) is 2.64. The maximum atomic E-state index is 6.94. The summed E-state index contributed by atoms with van der Waals surface area (Å²) in [6.45, 7) is 14.4. The zero-order valence-electron chi connectivity index (χ0n) is 15.9. The number of hydrogen-bond donors (Lipinski definition) is 0. The van der Waals surface area contributed by atoms with E-state index in [0.717, 1.165) is 6.42 Å². The second-order valence-corrected chi connectivity index (χ2v) is 6.81. The average molecular weight is 404 g/mol. The molecule has 0 saturated heterocycles. The second kappa shape index (κ2) is 12.2. The van der Waals surface area contributed by atoms with Gasteiger partial charge < -0.3 is 5.73 Å². The molecule has 0 radical (unpaired) electrons. The predicted molar refractivity (Wildman–Crippen MR) is 110 cm³/mol. The number of allylic oxidation sites excluding steroid dienone is 4. The minimum atomic E-state index is -0.250. The molecule has 1 N–H and O–H groups in total. The summed E-state index contributed by atoms with van der Waals surface area (Å²) in [7, 11) is 0. The summed E-state index contributed by atoms with van der Waals surface area (Å²) in [5.41, 5.74) is 15.4. The molecule has 0 saturated carbocycles. The molecule has 1 nitrogen and oxygen atoms in total. The molecule has 1 aromatic carbocycles. The SMILES string of the molecule is CC(C)(C)[NH-].C[CH-]c1ccccc1C1=C(C)C(C)=C(C)C1.Cl.Cl.[Ti+2]. The molecule has 2 rings (SSSR count). The minimum absolute atomic E-state index is 0. The van der Waals surface area contributed by atoms with E-state index >= 15 is 0 Å². The number of benzene rings is 1. The molecule has 0 aliphatic heterocycles. The van der Waals surface area contributed by atoms with Gasteiger partial charge in [0.1, 0.15) is 0 Å². The zero-order valence-corrected chi connectivity index (χ0v) is 19.1. The third-order valence-corrected chi connectivity index (χ3v) is 3.69. The van der Waals surface area contributed by atoms with E-state index in [4.69, 9.17) is 5.73 Å². The van der Waals surface area contributed by atoms with Crippen LogP contribution in [0.25, 0.3) is 11.3 Å². The van der Waals surface area contributed by atoms with Crippen LogP contribution in [0, 0.1) is 6.42 Å². The first-order chi connectivity index (χ1) is 9.65. The van der Waals surface area contributed by atoms with Crippen molar-refractivity contribution in [2.24, 2.45) is 0 Å². The van der Waals surface area contributed by atoms with Crippen LogP contribution in [0.3, 0.4) is 0 Å². The normalized spacial score (nSPS) is 13.2. The summed E-state index contributed by atoms with van der Waals surface area (Å²) in [5.74, 6) is 0. The summed E-state index contributed by atoms with van der Waals surface area (Å²) in [5, 5.41) is 0. The molecule has 0 fully saturated rings. The van der Waals surface area contributed by atoms with Gasteiger partial charge in [0.2, 0.25) is 0 Å². The van der Waals surface area contributed by atoms with Gasteiger partial charge in [-0.15, -0.1) is 48.0 Å². The molecule has 0 bridgehead atoms. The van der Waals surface area contributed by atoms with Gasteiger partial charge in [0.15, 0.2) is 0 Å². The minimum Gasteiger partial charge on any atom is -0.673 e. The van der Waals surface area contributed by atoms with Gasteiger partial charge in [-0.2, -0.15) is 18.1 Å². The van der Waals surface area contributed by atoms with Crippen molar-refractivity contribution in [3.63, 3.8) is 0 Å². The Hall–Kier alpha value is -0.176. The van der Waals surface area contributed by atoms with Crippen LogP contribution in [-0.4, -0.2) is 5.54 Å². The zero-order chi connectivity index (χ0) is 16.2. The van der Waals surface area contributed by atoms with Gasteiger partial charge in [-0.25, -0.2) is 0 Å². The largest absolute Gasteiger partial charge is 2.00 e. The van der Waals surface area contributed by atoms with Crippen molar-refractivity contribution in [1.29, 1.82) is 0 Å². The van der Waals surface area contributed by atoms with Gasteiger partial charge in [0, 0.05) is 0 Å². The molecule has 0 heterocycles. The first-order valence-corrected chi connectivity index (χ1v) is 7.65. The molecule has 0 amide bonds. The quantitative estimate of drug-likeness (QED) is 0.361. The van der Waals surface area contributed by atoms with Crippen molar-refractivity contribution in [3.8, 4) is 0 Å². The van der Waals surface area contributed by atoms with Gasteiger partial charge in [0.05, 0.1) is 0 Å². The van der Waals surface area contributed by atoms with Crippen LogP contribution < -0.4 is 0 Å². The molecule has 0 spiro atoms. The Morgan fingerprint density at radius 3 is 1.79 bits per heavy atom. The maximum Gasteiger partial charge on any atom is 2.00 e. The van der Waals surface area contributed by atoms with Gasteiger partial charge >= 0.3 is 21.7 Å². The van der Waals surface area contributed by atoms with Crippen LogP contribution in [0.2, 0.25) is 0 Å². The Morgan fingerprint density at radius 2 is 1.42 bits per heavy atom. The van der Waals surface area contributed by atoms with E-state index < -0.39 is 0 Å². The molecule has 1 aliphatic rings. The second-order valence-electron chi connectivity index (χ2n) is 6.81. The van der Waals surface area contributed by atoms with Gasteiger partial charge in [-0.3, -0.25) is 0 Å². The van der Waals surface area contributed by atoms with Crippen molar-refractivity contribution in [3.05, 3.63) is 64.3 Å². The van der Waals surface area contributed by atoms with E-state index in [1.165, 1.54) is 33.4 Å². The number of halogens is 2. The molecular weight excluding hydrogens is 373 g/mol. The van der Waals surface area contributed by atoms with Gasteiger partial charge in [0.25, 0.3) is 0 Å². The van der Waals surface area contributed by atoms with E-state index in [2.05, 4.69) is 58.4 Å². The molecular formula is C20H31Cl2NTi. The Kier molecular flexibility index (Phi) is 14.6. The Morgan fingerprint density at radius 1 is 0.958 bits per heavy atom. The third kappa shape index (κ3) is 8.78. The predicted octanol–water partition coefficient (Wildman–Crippen LogP) is 7.45. The maximum absolute atomic E-state index is 6.94. The summed E-state index contributed by atoms with van der Waals surface area (Å²) < 4.78 is 0. The molecule has 0 unspecified atom stereocenters. The van der Waals surface area contributed by atoms with Gasteiger partial charge in [-0.1, -0.05) is 50.5 Å². The Bertz CT molecular complexity index is 563. The van der Waals surface area contributed by atoms with E-state index in [9.17, 15) is 0 Å². The number of rotatable bonds is 2. The molecule has 4 heteroatoms. The van der Waals surface area contributed by atoms with Crippen molar-refractivity contribution in [2.75, 3.05) is 0 Å². The molecule has 1 aliphatic carbocycles. The first kappa shape index (κ1) is 28.6. The van der Waals surface area contributed by atoms with Crippen molar-refractivity contribution < 1.29 is 21.7 Å². The van der Waals surface area contributed by atoms with Crippen LogP contribution in [-0.2, 0) is 21.7 Å². The molecule has 134 valence electrons. The Balaban J connectivity index is -0.000000490. The fraction of sp³-hybridized carbons (Fsp3) is 0.450. The topological polar surface area (TPSA) is 23.8 Å². The van der Waals surface area contributed by atoms with Crippen molar-refractivity contribution >= 4 is 30.4 Å². The van der Waals surface area contributed by atoms with Crippen LogP contribution in [0.5, 0.6) is 0 Å².